The second kappa shape index (κ2) is 9.47. The molecule has 0 fully saturated rings. The van der Waals surface area contributed by atoms with Crippen LogP contribution >= 0.6 is 46.6 Å². The van der Waals surface area contributed by atoms with Crippen LogP contribution in [0.5, 0.6) is 5.75 Å². The van der Waals surface area contributed by atoms with E-state index in [1.165, 1.54) is 23.9 Å². The Hall–Kier alpha value is -2.00. The number of ether oxygens (including phenoxy) is 1. The molecule has 0 aliphatic carbocycles. The first kappa shape index (κ1) is 20.7. The highest BCUT2D eigenvalue weighted by atomic mass is 35.5. The summed E-state index contributed by atoms with van der Waals surface area (Å²) in [6.07, 6.45) is 0. The fourth-order valence-corrected chi connectivity index (χ4v) is 3.86. The molecule has 1 amide bonds. The van der Waals surface area contributed by atoms with Crippen LogP contribution in [0.25, 0.3) is 0 Å². The topological polar surface area (TPSA) is 81.9 Å². The zero-order valence-electron chi connectivity index (χ0n) is 14.5. The second-order valence-electron chi connectivity index (χ2n) is 5.55. The molecule has 0 spiro atoms. The minimum absolute atomic E-state index is 0.0816. The van der Waals surface area contributed by atoms with Crippen molar-refractivity contribution in [1.29, 1.82) is 0 Å². The number of nitrogens with one attached hydrogen (secondary N) is 1. The van der Waals surface area contributed by atoms with Crippen molar-refractivity contribution in [3.63, 3.8) is 0 Å². The van der Waals surface area contributed by atoms with Crippen LogP contribution in [0, 0.1) is 0 Å². The van der Waals surface area contributed by atoms with Crippen molar-refractivity contribution in [3.05, 3.63) is 57.0 Å². The van der Waals surface area contributed by atoms with E-state index in [-0.39, 0.29) is 21.7 Å². The van der Waals surface area contributed by atoms with Crippen LogP contribution in [0.15, 0.2) is 41.6 Å². The normalized spacial score (nSPS) is 10.7. The number of amides is 1. The monoisotopic (exact) mass is 457 g/mol. The van der Waals surface area contributed by atoms with E-state index in [1.807, 2.05) is 24.3 Å². The molecule has 0 atom stereocenters. The molecule has 0 saturated carbocycles. The Balaban J connectivity index is 1.61. The fraction of sp³-hybridized carbons (Fsp3) is 0.176. The number of nitrogens with zero attached hydrogens (tertiary/aromatic N) is 4. The lowest BCUT2D eigenvalue weighted by molar-refractivity contribution is -0.113. The van der Waals surface area contributed by atoms with Gasteiger partial charge in [-0.25, -0.2) is 4.68 Å². The first-order valence-electron chi connectivity index (χ1n) is 7.92. The summed E-state index contributed by atoms with van der Waals surface area (Å²) in [4.78, 5) is 12.3. The number of aromatic nitrogens is 4. The number of anilines is 1. The van der Waals surface area contributed by atoms with Crippen LogP contribution in [0.4, 0.5) is 5.69 Å². The molecule has 3 rings (SSSR count). The van der Waals surface area contributed by atoms with Crippen molar-refractivity contribution in [2.45, 2.75) is 11.7 Å². The first-order valence-corrected chi connectivity index (χ1v) is 10.0. The molecule has 0 aliphatic heterocycles. The smallest absolute Gasteiger partial charge is 0.234 e. The third-order valence-corrected chi connectivity index (χ3v) is 5.37. The number of rotatable bonds is 7. The highest BCUT2D eigenvalue weighted by molar-refractivity contribution is 7.99. The molecular weight excluding hydrogens is 445 g/mol. The van der Waals surface area contributed by atoms with Crippen LogP contribution in [-0.2, 0) is 11.3 Å². The van der Waals surface area contributed by atoms with Crippen molar-refractivity contribution in [2.24, 2.45) is 0 Å². The number of halogens is 3. The second-order valence-corrected chi connectivity index (χ2v) is 7.74. The van der Waals surface area contributed by atoms with Crippen LogP contribution < -0.4 is 10.1 Å². The highest BCUT2D eigenvalue weighted by Gasteiger charge is 2.14. The zero-order chi connectivity index (χ0) is 20.1. The van der Waals surface area contributed by atoms with Gasteiger partial charge in [0.15, 0.2) is 0 Å². The number of carbonyl (C=O) groups is 1. The zero-order valence-corrected chi connectivity index (χ0v) is 17.6. The highest BCUT2D eigenvalue weighted by Crippen LogP contribution is 2.33. The van der Waals surface area contributed by atoms with Crippen molar-refractivity contribution in [3.8, 4) is 5.75 Å². The lowest BCUT2D eigenvalue weighted by Gasteiger charge is -2.10. The van der Waals surface area contributed by atoms with Crippen LogP contribution in [-0.4, -0.2) is 39.0 Å². The van der Waals surface area contributed by atoms with E-state index in [0.717, 1.165) is 11.3 Å². The predicted molar refractivity (Wildman–Crippen MR) is 111 cm³/mol. The number of benzene rings is 2. The summed E-state index contributed by atoms with van der Waals surface area (Å²) in [5.74, 6) is 0.555. The Morgan fingerprint density at radius 3 is 2.50 bits per heavy atom. The number of carbonyl (C=O) groups excluding carboxylic acids is 1. The minimum atomic E-state index is -0.296. The Morgan fingerprint density at radius 2 is 1.86 bits per heavy atom. The standard InChI is InChI=1S/C17H14Cl3N5O2S/c1-27-12-4-2-10(3-5-12)8-25-17(22-23-24-25)28-9-15(26)21-16-13(19)6-11(18)7-14(16)20/h2-7H,8-9H2,1H3,(H,21,26). The molecule has 11 heteroatoms. The largest absolute Gasteiger partial charge is 0.497 e. The molecule has 3 aromatic rings. The molecule has 1 aromatic heterocycles. The van der Waals surface area contributed by atoms with Crippen molar-refractivity contribution in [1.82, 2.24) is 20.2 Å². The maximum atomic E-state index is 12.3. The quantitative estimate of drug-likeness (QED) is 0.528. The van der Waals surface area contributed by atoms with E-state index < -0.39 is 0 Å². The average Bonchev–Trinajstić information content (AvgIpc) is 3.10. The maximum absolute atomic E-state index is 12.3. The first-order chi connectivity index (χ1) is 13.5. The SMILES string of the molecule is COc1ccc(Cn2nnnc2SCC(=O)Nc2c(Cl)cc(Cl)cc2Cl)cc1. The number of hydrogen-bond acceptors (Lipinski definition) is 6. The van der Waals surface area contributed by atoms with Gasteiger partial charge in [-0.3, -0.25) is 4.79 Å². The van der Waals surface area contributed by atoms with Gasteiger partial charge >= 0.3 is 0 Å². The van der Waals surface area contributed by atoms with Gasteiger partial charge in [0.05, 0.1) is 35.1 Å². The van der Waals surface area contributed by atoms with Crippen molar-refractivity contribution in [2.75, 3.05) is 18.2 Å². The maximum Gasteiger partial charge on any atom is 0.234 e. The van der Waals surface area contributed by atoms with Gasteiger partial charge in [0.2, 0.25) is 11.1 Å². The van der Waals surface area contributed by atoms with Gasteiger partial charge in [0.1, 0.15) is 5.75 Å². The van der Waals surface area contributed by atoms with Gasteiger partial charge in [-0.1, -0.05) is 58.7 Å². The van der Waals surface area contributed by atoms with E-state index in [1.54, 1.807) is 11.8 Å². The predicted octanol–water partition coefficient (Wildman–Crippen LogP) is 4.42. The summed E-state index contributed by atoms with van der Waals surface area (Å²) in [5.41, 5.74) is 1.32. The van der Waals surface area contributed by atoms with E-state index in [0.29, 0.717) is 22.4 Å². The molecule has 2 aromatic carbocycles. The van der Waals surface area contributed by atoms with E-state index in [9.17, 15) is 4.79 Å². The summed E-state index contributed by atoms with van der Waals surface area (Å²) >= 11 is 19.2. The minimum Gasteiger partial charge on any atom is -0.497 e. The summed E-state index contributed by atoms with van der Waals surface area (Å²) in [7, 11) is 1.61. The number of tetrazole rings is 1. The number of hydrogen-bond donors (Lipinski definition) is 1. The summed E-state index contributed by atoms with van der Waals surface area (Å²) in [6, 6.07) is 10.6. The van der Waals surface area contributed by atoms with Crippen LogP contribution in [0.2, 0.25) is 15.1 Å². The Morgan fingerprint density at radius 1 is 1.18 bits per heavy atom. The third kappa shape index (κ3) is 5.29. The van der Waals surface area contributed by atoms with Gasteiger partial charge in [-0.2, -0.15) is 0 Å². The Labute approximate surface area is 180 Å². The lowest BCUT2D eigenvalue weighted by Crippen LogP contribution is -2.15. The average molecular weight is 459 g/mol. The molecule has 0 aliphatic rings. The van der Waals surface area contributed by atoms with Crippen molar-refractivity contribution < 1.29 is 9.53 Å². The molecular formula is C17H14Cl3N5O2S. The third-order valence-electron chi connectivity index (χ3n) is 3.59. The summed E-state index contributed by atoms with van der Waals surface area (Å²) in [6.45, 7) is 0.468. The Bertz CT molecular complexity index is 958. The van der Waals surface area contributed by atoms with Crippen LogP contribution in [0.1, 0.15) is 5.56 Å². The fourth-order valence-electron chi connectivity index (χ4n) is 2.27. The molecule has 0 radical (unpaired) electrons. The van der Waals surface area contributed by atoms with Crippen LogP contribution in [0.3, 0.4) is 0 Å². The molecule has 0 saturated heterocycles. The van der Waals surface area contributed by atoms with Gasteiger partial charge in [0, 0.05) is 5.02 Å². The molecule has 1 N–H and O–H groups in total. The molecule has 28 heavy (non-hydrogen) atoms. The van der Waals surface area contributed by atoms with E-state index in [2.05, 4.69) is 20.8 Å². The van der Waals surface area contributed by atoms with E-state index in [4.69, 9.17) is 39.5 Å². The molecule has 0 bridgehead atoms. The van der Waals surface area contributed by atoms with Crippen molar-refractivity contribution >= 4 is 58.2 Å². The van der Waals surface area contributed by atoms with Gasteiger partial charge in [0.25, 0.3) is 0 Å². The Kier molecular flexibility index (Phi) is 7.01. The summed E-state index contributed by atoms with van der Waals surface area (Å²) in [5, 5.41) is 15.7. The lowest BCUT2D eigenvalue weighted by atomic mass is 10.2. The number of thioether (sulfide) groups is 1. The van der Waals surface area contributed by atoms with Gasteiger partial charge in [-0.15, -0.1) is 5.10 Å². The van der Waals surface area contributed by atoms with Gasteiger partial charge < -0.3 is 10.1 Å². The van der Waals surface area contributed by atoms with E-state index >= 15 is 0 Å². The number of methoxy groups -OCH3 is 1. The molecule has 0 unspecified atom stereocenters. The molecule has 1 heterocycles. The molecule has 7 nitrogen and oxygen atoms in total. The summed E-state index contributed by atoms with van der Waals surface area (Å²) < 4.78 is 6.76. The van der Waals surface area contributed by atoms with Gasteiger partial charge in [-0.05, 0) is 40.3 Å². The molecule has 146 valence electrons.